The van der Waals surface area contributed by atoms with Crippen molar-refractivity contribution in [3.63, 3.8) is 0 Å². The van der Waals surface area contributed by atoms with Crippen molar-refractivity contribution in [1.82, 2.24) is 15.1 Å². The van der Waals surface area contributed by atoms with Gasteiger partial charge in [-0.3, -0.25) is 19.8 Å². The monoisotopic (exact) mass is 461 g/mol. The number of benzene rings is 1. The minimum Gasteiger partial charge on any atom is -0.444 e. The van der Waals surface area contributed by atoms with E-state index in [9.17, 15) is 19.7 Å². The van der Waals surface area contributed by atoms with Crippen molar-refractivity contribution < 1.29 is 19.2 Å². The molecule has 2 amide bonds. The van der Waals surface area contributed by atoms with E-state index in [4.69, 9.17) is 4.74 Å². The molecule has 2 aliphatic heterocycles. The Hall–Kier alpha value is -2.88. The van der Waals surface area contributed by atoms with Gasteiger partial charge in [0.05, 0.1) is 4.92 Å². The topological polar surface area (TPSA) is 108 Å². The van der Waals surface area contributed by atoms with Gasteiger partial charge < -0.3 is 19.9 Å². The third-order valence-electron chi connectivity index (χ3n) is 6.04. The molecular weight excluding hydrogens is 426 g/mol. The van der Waals surface area contributed by atoms with Gasteiger partial charge in [0, 0.05) is 64.3 Å². The van der Waals surface area contributed by atoms with Crippen LogP contribution in [0.1, 0.15) is 33.6 Å². The summed E-state index contributed by atoms with van der Waals surface area (Å²) in [6.07, 6.45) is 1.07. The molecule has 1 aromatic rings. The van der Waals surface area contributed by atoms with Crippen LogP contribution in [0.4, 0.5) is 16.2 Å². The fourth-order valence-corrected chi connectivity index (χ4v) is 4.23. The summed E-state index contributed by atoms with van der Waals surface area (Å²) in [5, 5.41) is 14.3. The highest BCUT2D eigenvalue weighted by Crippen LogP contribution is 2.31. The zero-order chi connectivity index (χ0) is 24.0. The fourth-order valence-electron chi connectivity index (χ4n) is 4.23. The van der Waals surface area contributed by atoms with E-state index in [1.807, 2.05) is 25.7 Å². The van der Waals surface area contributed by atoms with Gasteiger partial charge >= 0.3 is 6.09 Å². The van der Waals surface area contributed by atoms with Gasteiger partial charge in [-0.2, -0.15) is 0 Å². The second-order valence-electron chi connectivity index (χ2n) is 9.61. The normalized spacial score (nSPS) is 18.2. The Labute approximate surface area is 195 Å². The molecule has 0 aliphatic carbocycles. The number of nitro groups is 1. The minimum atomic E-state index is -0.496. The molecule has 10 heteroatoms. The maximum Gasteiger partial charge on any atom is 0.410 e. The number of carbonyl (C=O) groups is 2. The summed E-state index contributed by atoms with van der Waals surface area (Å²) in [7, 11) is 0. The maximum absolute atomic E-state index is 12.6. The number of piperazine rings is 1. The maximum atomic E-state index is 12.6. The molecule has 2 heterocycles. The minimum absolute atomic E-state index is 0.0459. The molecule has 1 N–H and O–H groups in total. The highest BCUT2D eigenvalue weighted by atomic mass is 16.6. The predicted molar refractivity (Wildman–Crippen MR) is 125 cm³/mol. The summed E-state index contributed by atoms with van der Waals surface area (Å²) in [4.78, 5) is 41.6. The van der Waals surface area contributed by atoms with Crippen molar-refractivity contribution >= 4 is 23.4 Å². The number of carbonyl (C=O) groups excluding carboxylic acids is 2. The first-order valence-corrected chi connectivity index (χ1v) is 11.6. The standard InChI is InChI=1S/C23H35N5O5/c1-23(2,3)33-22(30)27-16-14-25(15-17-27)13-10-24-21(29)18-8-11-26(12-9-18)19-6-4-5-7-20(19)28(31)32/h4-7,18H,8-17H2,1-3H3,(H,24,29). The Bertz CT molecular complexity index is 840. The van der Waals surface area contributed by atoms with Crippen LogP contribution in [0.2, 0.25) is 0 Å². The molecule has 182 valence electrons. The Morgan fingerprint density at radius 2 is 1.73 bits per heavy atom. The van der Waals surface area contributed by atoms with E-state index in [1.165, 1.54) is 6.07 Å². The molecule has 0 radical (unpaired) electrons. The van der Waals surface area contributed by atoms with E-state index >= 15 is 0 Å². The molecule has 0 aromatic heterocycles. The Kier molecular flexibility index (Phi) is 8.12. The smallest absolute Gasteiger partial charge is 0.410 e. The second-order valence-corrected chi connectivity index (χ2v) is 9.61. The van der Waals surface area contributed by atoms with Gasteiger partial charge in [-0.25, -0.2) is 4.79 Å². The lowest BCUT2D eigenvalue weighted by atomic mass is 9.95. The van der Waals surface area contributed by atoms with Gasteiger partial charge in [0.25, 0.3) is 5.69 Å². The molecule has 0 bridgehead atoms. The molecule has 1 aromatic carbocycles. The molecular formula is C23H35N5O5. The molecule has 2 fully saturated rings. The molecule has 0 unspecified atom stereocenters. The Balaban J connectivity index is 1.36. The Morgan fingerprint density at radius 1 is 1.09 bits per heavy atom. The van der Waals surface area contributed by atoms with Crippen LogP contribution in [0.15, 0.2) is 24.3 Å². The van der Waals surface area contributed by atoms with Crippen molar-refractivity contribution in [3.8, 4) is 0 Å². The van der Waals surface area contributed by atoms with Crippen LogP contribution in [0.25, 0.3) is 0 Å². The van der Waals surface area contributed by atoms with E-state index in [0.29, 0.717) is 51.3 Å². The summed E-state index contributed by atoms with van der Waals surface area (Å²) in [5.41, 5.74) is 0.226. The van der Waals surface area contributed by atoms with E-state index in [-0.39, 0.29) is 28.5 Å². The summed E-state index contributed by atoms with van der Waals surface area (Å²) in [6.45, 7) is 10.9. The number of rotatable bonds is 6. The quantitative estimate of drug-likeness (QED) is 0.512. The van der Waals surface area contributed by atoms with Crippen LogP contribution < -0.4 is 10.2 Å². The molecule has 33 heavy (non-hydrogen) atoms. The number of nitro benzene ring substituents is 1. The number of ether oxygens (including phenoxy) is 1. The number of anilines is 1. The van der Waals surface area contributed by atoms with Crippen molar-refractivity contribution in [1.29, 1.82) is 0 Å². The van der Waals surface area contributed by atoms with E-state index in [0.717, 1.165) is 19.6 Å². The Morgan fingerprint density at radius 3 is 2.33 bits per heavy atom. The number of nitrogens with one attached hydrogen (secondary N) is 1. The molecule has 3 rings (SSSR count). The van der Waals surface area contributed by atoms with Crippen LogP contribution in [0.3, 0.4) is 0 Å². The van der Waals surface area contributed by atoms with Gasteiger partial charge in [0.1, 0.15) is 11.3 Å². The molecule has 10 nitrogen and oxygen atoms in total. The summed E-state index contributed by atoms with van der Waals surface area (Å²) < 4.78 is 5.42. The lowest BCUT2D eigenvalue weighted by Gasteiger charge is -2.35. The number of hydrogen-bond donors (Lipinski definition) is 1. The molecule has 0 atom stereocenters. The SMILES string of the molecule is CC(C)(C)OC(=O)N1CCN(CCNC(=O)C2CCN(c3ccccc3[N+](=O)[O-])CC2)CC1. The van der Waals surface area contributed by atoms with Crippen LogP contribution in [0, 0.1) is 16.0 Å². The van der Waals surface area contributed by atoms with Gasteiger partial charge in [0.2, 0.25) is 5.91 Å². The first-order valence-electron chi connectivity index (χ1n) is 11.6. The van der Waals surface area contributed by atoms with Gasteiger partial charge in [0.15, 0.2) is 0 Å². The van der Waals surface area contributed by atoms with Crippen molar-refractivity contribution in [2.45, 2.75) is 39.2 Å². The van der Waals surface area contributed by atoms with Crippen molar-refractivity contribution in [3.05, 3.63) is 34.4 Å². The average Bonchev–Trinajstić information content (AvgIpc) is 2.78. The van der Waals surface area contributed by atoms with Crippen molar-refractivity contribution in [2.75, 3.05) is 57.3 Å². The van der Waals surface area contributed by atoms with Crippen LogP contribution in [0.5, 0.6) is 0 Å². The van der Waals surface area contributed by atoms with E-state index in [2.05, 4.69) is 10.2 Å². The van der Waals surface area contributed by atoms with Crippen LogP contribution in [-0.2, 0) is 9.53 Å². The number of piperidine rings is 1. The number of hydrogen-bond acceptors (Lipinski definition) is 7. The largest absolute Gasteiger partial charge is 0.444 e. The van der Waals surface area contributed by atoms with Crippen LogP contribution in [-0.4, -0.2) is 84.7 Å². The second kappa shape index (κ2) is 10.8. The van der Waals surface area contributed by atoms with Crippen molar-refractivity contribution in [2.24, 2.45) is 5.92 Å². The van der Waals surface area contributed by atoms with Gasteiger partial charge in [-0.1, -0.05) is 12.1 Å². The lowest BCUT2D eigenvalue weighted by molar-refractivity contribution is -0.384. The highest BCUT2D eigenvalue weighted by Gasteiger charge is 2.29. The first-order chi connectivity index (χ1) is 15.6. The fraction of sp³-hybridized carbons (Fsp3) is 0.652. The molecule has 2 saturated heterocycles. The summed E-state index contributed by atoms with van der Waals surface area (Å²) in [6, 6.07) is 6.75. The number of para-hydroxylation sites is 2. The van der Waals surface area contributed by atoms with Gasteiger partial charge in [-0.15, -0.1) is 0 Å². The third kappa shape index (κ3) is 7.05. The summed E-state index contributed by atoms with van der Waals surface area (Å²) in [5.74, 6) is -0.0300. The zero-order valence-electron chi connectivity index (χ0n) is 19.8. The number of amides is 2. The van der Waals surface area contributed by atoms with Gasteiger partial charge in [-0.05, 0) is 39.7 Å². The lowest BCUT2D eigenvalue weighted by Crippen LogP contribution is -2.51. The van der Waals surface area contributed by atoms with E-state index < -0.39 is 5.60 Å². The molecule has 2 aliphatic rings. The summed E-state index contributed by atoms with van der Waals surface area (Å²) >= 11 is 0. The number of nitrogens with zero attached hydrogens (tertiary/aromatic N) is 4. The predicted octanol–water partition coefficient (Wildman–Crippen LogP) is 2.48. The first kappa shape index (κ1) is 24.8. The molecule has 0 saturated carbocycles. The van der Waals surface area contributed by atoms with Crippen LogP contribution >= 0.6 is 0 Å². The highest BCUT2D eigenvalue weighted by molar-refractivity contribution is 5.79. The average molecular weight is 462 g/mol. The van der Waals surface area contributed by atoms with E-state index in [1.54, 1.807) is 23.1 Å². The zero-order valence-corrected chi connectivity index (χ0v) is 19.8. The molecule has 0 spiro atoms. The third-order valence-corrected chi connectivity index (χ3v) is 6.04.